The Balaban J connectivity index is 2.35. The third-order valence-corrected chi connectivity index (χ3v) is 3.73. The van der Waals surface area contributed by atoms with Crippen molar-refractivity contribution < 1.29 is 9.13 Å². The van der Waals surface area contributed by atoms with Crippen LogP contribution in [0.4, 0.5) is 4.39 Å². The molecule has 0 spiro atoms. The van der Waals surface area contributed by atoms with Crippen LogP contribution >= 0.6 is 0 Å². The maximum atomic E-state index is 13.4. The highest BCUT2D eigenvalue weighted by atomic mass is 19.1. The first-order valence-corrected chi connectivity index (χ1v) is 6.71. The molecule has 1 aliphatic rings. The Labute approximate surface area is 109 Å². The topological polar surface area (TPSA) is 21.3 Å². The summed E-state index contributed by atoms with van der Waals surface area (Å²) in [5.41, 5.74) is 3.31. The Morgan fingerprint density at radius 1 is 1.39 bits per heavy atom. The maximum Gasteiger partial charge on any atom is 0.123 e. The Morgan fingerprint density at radius 3 is 2.56 bits per heavy atom. The lowest BCUT2D eigenvalue weighted by atomic mass is 9.87. The van der Waals surface area contributed by atoms with Gasteiger partial charge >= 0.3 is 0 Å². The molecule has 0 amide bonds. The van der Waals surface area contributed by atoms with Gasteiger partial charge in [-0.05, 0) is 55.6 Å². The number of rotatable bonds is 4. The van der Waals surface area contributed by atoms with Crippen molar-refractivity contribution in [3.05, 3.63) is 34.6 Å². The van der Waals surface area contributed by atoms with E-state index in [2.05, 4.69) is 12.2 Å². The molecule has 0 radical (unpaired) electrons. The highest BCUT2D eigenvalue weighted by Gasteiger charge is 2.28. The summed E-state index contributed by atoms with van der Waals surface area (Å²) in [6.07, 6.45) is 1.08. The molecule has 2 atom stereocenters. The lowest BCUT2D eigenvalue weighted by molar-refractivity contribution is 0.177. The van der Waals surface area contributed by atoms with Crippen LogP contribution in [0, 0.1) is 25.6 Å². The van der Waals surface area contributed by atoms with Gasteiger partial charge in [0, 0.05) is 18.6 Å². The average Bonchev–Trinajstić information content (AvgIpc) is 2.79. The van der Waals surface area contributed by atoms with E-state index in [1.165, 1.54) is 5.56 Å². The zero-order valence-electron chi connectivity index (χ0n) is 11.4. The molecular weight excluding hydrogens is 229 g/mol. The van der Waals surface area contributed by atoms with E-state index in [9.17, 15) is 4.39 Å². The van der Waals surface area contributed by atoms with Crippen molar-refractivity contribution in [2.24, 2.45) is 5.92 Å². The minimum atomic E-state index is -0.147. The molecule has 1 N–H and O–H groups in total. The van der Waals surface area contributed by atoms with Crippen LogP contribution in [0.15, 0.2) is 12.1 Å². The summed E-state index contributed by atoms with van der Waals surface area (Å²) in [5, 5.41) is 3.54. The SMILES string of the molecule is CCNC(c1c(C)cc(F)cc1C)C1CCOC1. The van der Waals surface area contributed by atoms with Crippen LogP contribution in [-0.4, -0.2) is 19.8 Å². The number of benzene rings is 1. The third kappa shape index (κ3) is 2.73. The fraction of sp³-hybridized carbons (Fsp3) is 0.600. The molecule has 2 unspecified atom stereocenters. The fourth-order valence-electron chi connectivity index (χ4n) is 2.95. The summed E-state index contributed by atoms with van der Waals surface area (Å²) in [4.78, 5) is 0. The first-order chi connectivity index (χ1) is 8.63. The van der Waals surface area contributed by atoms with Gasteiger partial charge in [0.2, 0.25) is 0 Å². The Kier molecular flexibility index (Phi) is 4.36. The third-order valence-electron chi connectivity index (χ3n) is 3.73. The van der Waals surface area contributed by atoms with Crippen molar-refractivity contribution in [1.82, 2.24) is 5.32 Å². The molecule has 2 nitrogen and oxygen atoms in total. The normalized spacial score (nSPS) is 21.2. The molecule has 0 aromatic heterocycles. The van der Waals surface area contributed by atoms with E-state index >= 15 is 0 Å². The van der Waals surface area contributed by atoms with Crippen LogP contribution in [0.3, 0.4) is 0 Å². The Hall–Kier alpha value is -0.930. The molecule has 1 aliphatic heterocycles. The van der Waals surface area contributed by atoms with Crippen LogP contribution in [0.1, 0.15) is 36.1 Å². The molecule has 2 rings (SSSR count). The van der Waals surface area contributed by atoms with E-state index in [0.717, 1.165) is 37.3 Å². The molecule has 0 aliphatic carbocycles. The largest absolute Gasteiger partial charge is 0.381 e. The molecule has 18 heavy (non-hydrogen) atoms. The number of hydrogen-bond acceptors (Lipinski definition) is 2. The molecule has 3 heteroatoms. The maximum absolute atomic E-state index is 13.4. The van der Waals surface area contributed by atoms with Crippen molar-refractivity contribution in [3.63, 3.8) is 0 Å². The second kappa shape index (κ2) is 5.81. The van der Waals surface area contributed by atoms with Crippen LogP contribution in [-0.2, 0) is 4.74 Å². The summed E-state index contributed by atoms with van der Waals surface area (Å²) in [5.74, 6) is 0.347. The van der Waals surface area contributed by atoms with Crippen molar-refractivity contribution in [2.45, 2.75) is 33.2 Å². The van der Waals surface area contributed by atoms with E-state index in [1.807, 2.05) is 13.8 Å². The molecular formula is C15H22FNO. The molecule has 1 saturated heterocycles. The molecule has 1 heterocycles. The van der Waals surface area contributed by atoms with Gasteiger partial charge in [-0.1, -0.05) is 6.92 Å². The number of halogens is 1. The van der Waals surface area contributed by atoms with Gasteiger partial charge in [-0.3, -0.25) is 0 Å². The standard InChI is InChI=1S/C15H22FNO/c1-4-17-15(12-5-6-18-9-12)14-10(2)7-13(16)8-11(14)3/h7-8,12,15,17H,4-6,9H2,1-3H3. The summed E-state index contributed by atoms with van der Waals surface area (Å²) >= 11 is 0. The molecule has 1 aromatic carbocycles. The number of nitrogens with one attached hydrogen (secondary N) is 1. The smallest absolute Gasteiger partial charge is 0.123 e. The van der Waals surface area contributed by atoms with Gasteiger partial charge in [0.25, 0.3) is 0 Å². The predicted molar refractivity (Wildman–Crippen MR) is 71.2 cm³/mol. The molecule has 0 bridgehead atoms. The quantitative estimate of drug-likeness (QED) is 0.887. The van der Waals surface area contributed by atoms with Gasteiger partial charge < -0.3 is 10.1 Å². The Bertz CT molecular complexity index is 390. The van der Waals surface area contributed by atoms with Gasteiger partial charge in [0.1, 0.15) is 5.82 Å². The Morgan fingerprint density at radius 2 is 2.06 bits per heavy atom. The van der Waals surface area contributed by atoms with E-state index in [-0.39, 0.29) is 11.9 Å². The average molecular weight is 251 g/mol. The van der Waals surface area contributed by atoms with E-state index in [1.54, 1.807) is 12.1 Å². The first kappa shape index (κ1) is 13.5. The monoisotopic (exact) mass is 251 g/mol. The van der Waals surface area contributed by atoms with Crippen LogP contribution in [0.2, 0.25) is 0 Å². The molecule has 1 fully saturated rings. The summed E-state index contributed by atoms with van der Waals surface area (Å²) in [7, 11) is 0. The van der Waals surface area contributed by atoms with Gasteiger partial charge in [-0.25, -0.2) is 4.39 Å². The first-order valence-electron chi connectivity index (χ1n) is 6.71. The van der Waals surface area contributed by atoms with E-state index in [0.29, 0.717) is 5.92 Å². The summed E-state index contributed by atoms with van der Waals surface area (Å²) < 4.78 is 18.9. The van der Waals surface area contributed by atoms with Crippen LogP contribution < -0.4 is 5.32 Å². The number of aryl methyl sites for hydroxylation is 2. The van der Waals surface area contributed by atoms with Gasteiger partial charge in [-0.2, -0.15) is 0 Å². The second-order valence-electron chi connectivity index (χ2n) is 5.11. The van der Waals surface area contributed by atoms with Crippen molar-refractivity contribution >= 4 is 0 Å². The minimum Gasteiger partial charge on any atom is -0.381 e. The highest BCUT2D eigenvalue weighted by molar-refractivity contribution is 5.37. The predicted octanol–water partition coefficient (Wildman–Crippen LogP) is 3.13. The molecule has 100 valence electrons. The fourth-order valence-corrected chi connectivity index (χ4v) is 2.95. The zero-order chi connectivity index (χ0) is 13.1. The van der Waals surface area contributed by atoms with Crippen LogP contribution in [0.25, 0.3) is 0 Å². The number of ether oxygens (including phenoxy) is 1. The van der Waals surface area contributed by atoms with Gasteiger partial charge in [0.05, 0.1) is 6.61 Å². The van der Waals surface area contributed by atoms with E-state index in [4.69, 9.17) is 4.74 Å². The van der Waals surface area contributed by atoms with Gasteiger partial charge in [-0.15, -0.1) is 0 Å². The van der Waals surface area contributed by atoms with Crippen molar-refractivity contribution in [2.75, 3.05) is 19.8 Å². The molecule has 0 saturated carbocycles. The van der Waals surface area contributed by atoms with Crippen molar-refractivity contribution in [3.8, 4) is 0 Å². The summed E-state index contributed by atoms with van der Waals surface area (Å²) in [6, 6.07) is 3.53. The van der Waals surface area contributed by atoms with E-state index < -0.39 is 0 Å². The minimum absolute atomic E-state index is 0.147. The van der Waals surface area contributed by atoms with Crippen LogP contribution in [0.5, 0.6) is 0 Å². The zero-order valence-corrected chi connectivity index (χ0v) is 11.4. The lowest BCUT2D eigenvalue weighted by Crippen LogP contribution is -2.30. The summed E-state index contributed by atoms with van der Waals surface area (Å²) in [6.45, 7) is 8.64. The second-order valence-corrected chi connectivity index (χ2v) is 5.11. The highest BCUT2D eigenvalue weighted by Crippen LogP contribution is 2.33. The lowest BCUT2D eigenvalue weighted by Gasteiger charge is -2.27. The van der Waals surface area contributed by atoms with Crippen molar-refractivity contribution in [1.29, 1.82) is 0 Å². The molecule has 1 aromatic rings. The van der Waals surface area contributed by atoms with Gasteiger partial charge in [0.15, 0.2) is 0 Å². The number of hydrogen-bond donors (Lipinski definition) is 1.